The minimum atomic E-state index is 0.000697. The van der Waals surface area contributed by atoms with E-state index in [4.69, 9.17) is 0 Å². The van der Waals surface area contributed by atoms with Crippen molar-refractivity contribution in [2.24, 2.45) is 0 Å². The molecule has 17 heavy (non-hydrogen) atoms. The van der Waals surface area contributed by atoms with Crippen molar-refractivity contribution in [2.45, 2.75) is 13.8 Å². The molecule has 0 aliphatic rings. The van der Waals surface area contributed by atoms with Crippen LogP contribution in [0.3, 0.4) is 0 Å². The predicted octanol–water partition coefficient (Wildman–Crippen LogP) is 2.72. The third-order valence-corrected chi connectivity index (χ3v) is 2.87. The Labute approximate surface area is 101 Å². The fraction of sp³-hybridized carbons (Fsp3) is 0.286. The van der Waals surface area contributed by atoms with Crippen molar-refractivity contribution in [3.05, 3.63) is 42.1 Å². The van der Waals surface area contributed by atoms with E-state index in [1.54, 1.807) is 11.0 Å². The molecule has 0 saturated carbocycles. The maximum absolute atomic E-state index is 12.1. The summed E-state index contributed by atoms with van der Waals surface area (Å²) < 4.78 is 0. The minimum Gasteiger partial charge on any atom is -0.338 e. The van der Waals surface area contributed by atoms with Gasteiger partial charge in [0.15, 0.2) is 0 Å². The Balaban J connectivity index is 2.39. The number of benzene rings is 1. The molecule has 3 nitrogen and oxygen atoms in total. The van der Waals surface area contributed by atoms with Crippen molar-refractivity contribution in [1.82, 2.24) is 9.88 Å². The SMILES string of the molecule is CCN(CC)C(=O)c1ccc2ccccc2n1. The third-order valence-electron chi connectivity index (χ3n) is 2.87. The zero-order chi connectivity index (χ0) is 12.3. The highest BCUT2D eigenvalue weighted by Gasteiger charge is 2.13. The second-order valence-corrected chi connectivity index (χ2v) is 3.87. The highest BCUT2D eigenvalue weighted by Crippen LogP contribution is 2.12. The van der Waals surface area contributed by atoms with E-state index in [-0.39, 0.29) is 5.91 Å². The first kappa shape index (κ1) is 11.6. The van der Waals surface area contributed by atoms with Gasteiger partial charge in [0.25, 0.3) is 5.91 Å². The lowest BCUT2D eigenvalue weighted by molar-refractivity contribution is 0.0767. The molecule has 0 saturated heterocycles. The fourth-order valence-electron chi connectivity index (χ4n) is 1.86. The van der Waals surface area contributed by atoms with Gasteiger partial charge < -0.3 is 4.90 Å². The molecule has 0 unspecified atom stereocenters. The van der Waals surface area contributed by atoms with Crippen LogP contribution in [0.2, 0.25) is 0 Å². The second-order valence-electron chi connectivity index (χ2n) is 3.87. The number of carbonyl (C=O) groups is 1. The Morgan fingerprint density at radius 1 is 1.12 bits per heavy atom. The van der Waals surface area contributed by atoms with Gasteiger partial charge in [-0.2, -0.15) is 0 Å². The number of nitrogens with zero attached hydrogens (tertiary/aromatic N) is 2. The Hall–Kier alpha value is -1.90. The van der Waals surface area contributed by atoms with Crippen LogP contribution in [0.1, 0.15) is 24.3 Å². The normalized spacial score (nSPS) is 10.5. The molecule has 1 aromatic carbocycles. The molecular weight excluding hydrogens is 212 g/mol. The van der Waals surface area contributed by atoms with Gasteiger partial charge >= 0.3 is 0 Å². The van der Waals surface area contributed by atoms with Crippen LogP contribution in [0, 0.1) is 0 Å². The summed E-state index contributed by atoms with van der Waals surface area (Å²) >= 11 is 0. The van der Waals surface area contributed by atoms with Gasteiger partial charge in [0.05, 0.1) is 5.52 Å². The zero-order valence-corrected chi connectivity index (χ0v) is 10.2. The lowest BCUT2D eigenvalue weighted by Crippen LogP contribution is -2.31. The molecule has 1 amide bonds. The van der Waals surface area contributed by atoms with Crippen LogP contribution in [0.25, 0.3) is 10.9 Å². The van der Waals surface area contributed by atoms with E-state index in [1.165, 1.54) is 0 Å². The van der Waals surface area contributed by atoms with Gasteiger partial charge in [-0.05, 0) is 26.0 Å². The molecular formula is C14H16N2O. The molecule has 0 radical (unpaired) electrons. The first-order chi connectivity index (χ1) is 8.26. The molecule has 1 heterocycles. The van der Waals surface area contributed by atoms with Gasteiger partial charge in [0, 0.05) is 18.5 Å². The van der Waals surface area contributed by atoms with Gasteiger partial charge in [-0.3, -0.25) is 4.79 Å². The molecule has 0 spiro atoms. The van der Waals surface area contributed by atoms with Crippen LogP contribution in [-0.2, 0) is 0 Å². The van der Waals surface area contributed by atoms with Crippen LogP contribution in [0.15, 0.2) is 36.4 Å². The van der Waals surface area contributed by atoms with Crippen LogP contribution >= 0.6 is 0 Å². The molecule has 2 aromatic rings. The standard InChI is InChI=1S/C14H16N2O/c1-3-16(4-2)14(17)13-10-9-11-7-5-6-8-12(11)15-13/h5-10H,3-4H2,1-2H3. The molecule has 0 fully saturated rings. The smallest absolute Gasteiger partial charge is 0.272 e. The summed E-state index contributed by atoms with van der Waals surface area (Å²) in [6.07, 6.45) is 0. The number of fused-ring (bicyclic) bond motifs is 1. The molecule has 0 aliphatic carbocycles. The number of hydrogen-bond acceptors (Lipinski definition) is 2. The van der Waals surface area contributed by atoms with Gasteiger partial charge in [-0.25, -0.2) is 4.98 Å². The van der Waals surface area contributed by atoms with Crippen molar-refractivity contribution in [3.8, 4) is 0 Å². The van der Waals surface area contributed by atoms with Crippen LogP contribution < -0.4 is 0 Å². The molecule has 1 aromatic heterocycles. The summed E-state index contributed by atoms with van der Waals surface area (Å²) in [6.45, 7) is 5.37. The van der Waals surface area contributed by atoms with Crippen LogP contribution in [0.5, 0.6) is 0 Å². The zero-order valence-electron chi connectivity index (χ0n) is 10.2. The number of aromatic nitrogens is 1. The largest absolute Gasteiger partial charge is 0.338 e. The number of rotatable bonds is 3. The molecule has 0 aliphatic heterocycles. The van der Waals surface area contributed by atoms with Crippen LogP contribution in [-0.4, -0.2) is 28.9 Å². The molecule has 0 N–H and O–H groups in total. The van der Waals surface area contributed by atoms with E-state index in [1.807, 2.05) is 44.2 Å². The average Bonchev–Trinajstić information content (AvgIpc) is 2.39. The summed E-state index contributed by atoms with van der Waals surface area (Å²) in [5.41, 5.74) is 1.39. The Bertz CT molecular complexity index is 532. The highest BCUT2D eigenvalue weighted by atomic mass is 16.2. The van der Waals surface area contributed by atoms with Crippen molar-refractivity contribution < 1.29 is 4.79 Å². The molecule has 88 valence electrons. The van der Waals surface area contributed by atoms with E-state index >= 15 is 0 Å². The molecule has 0 atom stereocenters. The summed E-state index contributed by atoms with van der Waals surface area (Å²) in [5.74, 6) is 0.000697. The van der Waals surface area contributed by atoms with Gasteiger partial charge in [-0.15, -0.1) is 0 Å². The fourth-order valence-corrected chi connectivity index (χ4v) is 1.86. The van der Waals surface area contributed by atoms with Gasteiger partial charge in [-0.1, -0.05) is 24.3 Å². The topological polar surface area (TPSA) is 33.2 Å². The highest BCUT2D eigenvalue weighted by molar-refractivity contribution is 5.94. The van der Waals surface area contributed by atoms with Crippen molar-refractivity contribution in [1.29, 1.82) is 0 Å². The van der Waals surface area contributed by atoms with Crippen LogP contribution in [0.4, 0.5) is 0 Å². The number of hydrogen-bond donors (Lipinski definition) is 0. The van der Waals surface area contributed by atoms with Crippen molar-refractivity contribution in [2.75, 3.05) is 13.1 Å². The number of carbonyl (C=O) groups excluding carboxylic acids is 1. The molecule has 2 rings (SSSR count). The maximum atomic E-state index is 12.1. The van der Waals surface area contributed by atoms with E-state index in [0.717, 1.165) is 10.9 Å². The Morgan fingerprint density at radius 3 is 2.53 bits per heavy atom. The van der Waals surface area contributed by atoms with E-state index in [0.29, 0.717) is 18.8 Å². The monoisotopic (exact) mass is 228 g/mol. The van der Waals surface area contributed by atoms with Crippen molar-refractivity contribution >= 4 is 16.8 Å². The molecule has 3 heteroatoms. The summed E-state index contributed by atoms with van der Waals surface area (Å²) in [7, 11) is 0. The van der Waals surface area contributed by atoms with Gasteiger partial charge in [0.2, 0.25) is 0 Å². The average molecular weight is 228 g/mol. The van der Waals surface area contributed by atoms with Gasteiger partial charge in [0.1, 0.15) is 5.69 Å². The lowest BCUT2D eigenvalue weighted by Gasteiger charge is -2.18. The second kappa shape index (κ2) is 4.95. The lowest BCUT2D eigenvalue weighted by atomic mass is 10.2. The Kier molecular flexibility index (Phi) is 3.38. The summed E-state index contributed by atoms with van der Waals surface area (Å²) in [4.78, 5) is 18.3. The van der Waals surface area contributed by atoms with Crippen molar-refractivity contribution in [3.63, 3.8) is 0 Å². The maximum Gasteiger partial charge on any atom is 0.272 e. The minimum absolute atomic E-state index is 0.000697. The van der Waals surface area contributed by atoms with E-state index < -0.39 is 0 Å². The number of para-hydroxylation sites is 1. The predicted molar refractivity (Wildman–Crippen MR) is 69.0 cm³/mol. The first-order valence-electron chi connectivity index (χ1n) is 5.91. The summed E-state index contributed by atoms with van der Waals surface area (Å²) in [5, 5.41) is 1.06. The van der Waals surface area contributed by atoms with E-state index in [2.05, 4.69) is 4.98 Å². The quantitative estimate of drug-likeness (QED) is 0.809. The first-order valence-corrected chi connectivity index (χ1v) is 5.91. The Morgan fingerprint density at radius 2 is 1.82 bits per heavy atom. The number of amides is 1. The third kappa shape index (κ3) is 2.28. The number of pyridine rings is 1. The van der Waals surface area contributed by atoms with E-state index in [9.17, 15) is 4.79 Å². The summed E-state index contributed by atoms with van der Waals surface area (Å²) in [6, 6.07) is 11.6. The molecule has 0 bridgehead atoms.